The molecule has 5 N–H and O–H groups in total. The zero-order valence-electron chi connectivity index (χ0n) is 34.9. The molecule has 0 radical (unpaired) electrons. The highest BCUT2D eigenvalue weighted by molar-refractivity contribution is 7.99. The van der Waals surface area contributed by atoms with Crippen molar-refractivity contribution >= 4 is 81.8 Å². The van der Waals surface area contributed by atoms with Crippen LogP contribution >= 0.6 is 23.5 Å². The van der Waals surface area contributed by atoms with Crippen molar-refractivity contribution in [2.75, 3.05) is 52.5 Å². The molecular weight excluding hydrogens is 837 g/mol. The lowest BCUT2D eigenvalue weighted by Gasteiger charge is -2.26. The molecule has 0 saturated carbocycles. The minimum atomic E-state index is -0.434. The van der Waals surface area contributed by atoms with E-state index in [0.717, 1.165) is 25.7 Å². The number of aliphatic hydroxyl groups is 1. The zero-order chi connectivity index (χ0) is 44.0. The second-order valence-electron chi connectivity index (χ2n) is 14.6. The first kappa shape index (κ1) is 43.1. The lowest BCUT2D eigenvalue weighted by molar-refractivity contribution is 0.0978. The maximum atomic E-state index is 14.8. The molecule has 2 aliphatic carbocycles. The lowest BCUT2D eigenvalue weighted by Crippen LogP contribution is -2.25. The third-order valence-corrected chi connectivity index (χ3v) is 11.9. The Morgan fingerprint density at radius 1 is 0.476 bits per heavy atom. The van der Waals surface area contributed by atoms with Crippen molar-refractivity contribution in [2.45, 2.75) is 56.8 Å². The van der Waals surface area contributed by atoms with Crippen LogP contribution < -0.4 is 21.3 Å². The largest absolute Gasteiger partial charge is 0.396 e. The van der Waals surface area contributed by atoms with Gasteiger partial charge in [-0.25, -0.2) is 0 Å². The number of fused-ring (bicyclic) bond motifs is 4. The van der Waals surface area contributed by atoms with Crippen LogP contribution in [0.5, 0.6) is 0 Å². The van der Waals surface area contributed by atoms with Crippen LogP contribution in [0.25, 0.3) is 11.1 Å². The highest BCUT2D eigenvalue weighted by atomic mass is 32.2. The van der Waals surface area contributed by atoms with Gasteiger partial charge in [0.1, 0.15) is 0 Å². The second kappa shape index (κ2) is 19.2. The van der Waals surface area contributed by atoms with Gasteiger partial charge in [-0.05, 0) is 41.9 Å². The third kappa shape index (κ3) is 8.76. The van der Waals surface area contributed by atoms with E-state index >= 15 is 0 Å². The Balaban J connectivity index is 1.30. The Kier molecular flexibility index (Phi) is 13.2. The second-order valence-corrected chi connectivity index (χ2v) is 16.9. The predicted molar refractivity (Wildman–Crippen MR) is 246 cm³/mol. The minimum absolute atomic E-state index is 0.0532. The van der Waals surface area contributed by atoms with E-state index in [1.165, 1.54) is 23.5 Å². The van der Waals surface area contributed by atoms with Crippen molar-refractivity contribution in [2.24, 2.45) is 0 Å². The summed E-state index contributed by atoms with van der Waals surface area (Å²) < 4.78 is 0. The van der Waals surface area contributed by atoms with Gasteiger partial charge in [-0.2, -0.15) is 29.9 Å². The number of ketones is 4. The quantitative estimate of drug-likeness (QED) is 0.0404. The van der Waals surface area contributed by atoms with Gasteiger partial charge in [-0.1, -0.05) is 118 Å². The molecule has 2 heterocycles. The summed E-state index contributed by atoms with van der Waals surface area (Å²) in [7, 11) is 0. The number of aromatic nitrogens is 6. The summed E-state index contributed by atoms with van der Waals surface area (Å²) in [6.07, 6.45) is 3.73. The summed E-state index contributed by atoms with van der Waals surface area (Å²) in [4.78, 5) is 86.4. The third-order valence-electron chi connectivity index (χ3n) is 10.4. The summed E-state index contributed by atoms with van der Waals surface area (Å²) in [5, 5.41) is 23.2. The van der Waals surface area contributed by atoms with E-state index < -0.39 is 23.1 Å². The summed E-state index contributed by atoms with van der Waals surface area (Å²) in [6, 6.07) is 19.9. The van der Waals surface area contributed by atoms with E-state index in [2.05, 4.69) is 65.0 Å². The number of nitrogens with zero attached hydrogens (tertiary/aromatic N) is 6. The van der Waals surface area contributed by atoms with Gasteiger partial charge < -0.3 is 26.4 Å². The maximum Gasteiger partial charge on any atom is 0.233 e. The van der Waals surface area contributed by atoms with Gasteiger partial charge in [0.05, 0.1) is 29.1 Å². The standard InChI is InChI=1S/C46H44N10O5S2/c1-4-7-21-47-41-51-43(55-45(53-41)62-6-3)49-31-19-17-25(33-35(31)39(60)29-15-11-9-13-27(29)37(33)58)26-18-20-32(36-34(26)38(59)28-14-10-12-16-30(28)40(36)61)50-44-52-42(48-22-8-5-2)54-46(56-44)63-24-23-57/h9-20,57H,4-8,21-24H2,1-3H3,(H2,47,49,51,53,55)(H2,48,50,52,54,56). The summed E-state index contributed by atoms with van der Waals surface area (Å²) in [6.45, 7) is 7.35. The number of unbranched alkanes of at least 4 members (excludes halogenated alkanes) is 2. The van der Waals surface area contributed by atoms with Crippen molar-refractivity contribution in [3.05, 3.63) is 117 Å². The van der Waals surface area contributed by atoms with Crippen LogP contribution in [-0.4, -0.2) is 89.3 Å². The number of rotatable bonds is 18. The van der Waals surface area contributed by atoms with E-state index in [1.54, 1.807) is 72.8 Å². The van der Waals surface area contributed by atoms with Crippen LogP contribution in [0.15, 0.2) is 83.1 Å². The first-order valence-corrected chi connectivity index (χ1v) is 22.8. The number of hydrogen-bond acceptors (Lipinski definition) is 17. The number of hydrogen-bond donors (Lipinski definition) is 5. The predicted octanol–water partition coefficient (Wildman–Crippen LogP) is 8.38. The molecule has 0 amide bonds. The SMILES string of the molecule is CCCCNc1nc(Nc2ccc(-c3ccc(Nc4nc(NCCCC)nc(SCCO)n4)c4c3C(=O)c3ccccc3C4=O)c3c2C(=O)c2ccccc2C3=O)nc(SCC)n1. The monoisotopic (exact) mass is 880 g/mol. The van der Waals surface area contributed by atoms with Gasteiger partial charge in [-0.3, -0.25) is 19.2 Å². The molecule has 15 nitrogen and oxygen atoms in total. The van der Waals surface area contributed by atoms with E-state index in [0.29, 0.717) is 46.8 Å². The molecule has 0 bridgehead atoms. The smallest absolute Gasteiger partial charge is 0.233 e. The molecule has 2 aromatic heterocycles. The summed E-state index contributed by atoms with van der Waals surface area (Å²) in [5.74, 6) is 0.358. The summed E-state index contributed by atoms with van der Waals surface area (Å²) in [5.41, 5.74) is 2.23. The van der Waals surface area contributed by atoms with Crippen LogP contribution in [0.3, 0.4) is 0 Å². The van der Waals surface area contributed by atoms with Crippen LogP contribution in [0, 0.1) is 0 Å². The van der Waals surface area contributed by atoms with E-state index in [-0.39, 0.29) is 85.5 Å². The molecule has 0 unspecified atom stereocenters. The molecule has 8 rings (SSSR count). The zero-order valence-corrected chi connectivity index (χ0v) is 36.5. The molecule has 6 aromatic rings. The molecule has 0 fully saturated rings. The molecule has 63 heavy (non-hydrogen) atoms. The normalized spacial score (nSPS) is 12.6. The minimum Gasteiger partial charge on any atom is -0.396 e. The Labute approximate surface area is 372 Å². The number of benzene rings is 4. The van der Waals surface area contributed by atoms with Crippen LogP contribution in [0.1, 0.15) is 110 Å². The van der Waals surface area contributed by atoms with Crippen molar-refractivity contribution in [3.63, 3.8) is 0 Å². The summed E-state index contributed by atoms with van der Waals surface area (Å²) >= 11 is 2.68. The van der Waals surface area contributed by atoms with E-state index in [9.17, 15) is 24.3 Å². The van der Waals surface area contributed by atoms with Gasteiger partial charge in [0.15, 0.2) is 33.4 Å². The highest BCUT2D eigenvalue weighted by Gasteiger charge is 2.38. The van der Waals surface area contributed by atoms with Crippen molar-refractivity contribution < 1.29 is 24.3 Å². The molecule has 320 valence electrons. The molecular formula is C46H44N10O5S2. The number of carbonyl (C=O) groups excluding carboxylic acids is 4. The number of aliphatic hydroxyl groups excluding tert-OH is 1. The fourth-order valence-electron chi connectivity index (χ4n) is 7.48. The van der Waals surface area contributed by atoms with E-state index in [1.807, 2.05) is 6.92 Å². The van der Waals surface area contributed by atoms with Crippen LogP contribution in [0.4, 0.5) is 35.2 Å². The lowest BCUT2D eigenvalue weighted by atomic mass is 9.75. The fourth-order valence-corrected chi connectivity index (χ4v) is 8.61. The van der Waals surface area contributed by atoms with Gasteiger partial charge in [-0.15, -0.1) is 0 Å². The number of thioether (sulfide) groups is 2. The van der Waals surface area contributed by atoms with Crippen molar-refractivity contribution in [1.29, 1.82) is 0 Å². The Bertz CT molecular complexity index is 2780. The van der Waals surface area contributed by atoms with Crippen LogP contribution in [0.2, 0.25) is 0 Å². The van der Waals surface area contributed by atoms with Gasteiger partial charge in [0, 0.05) is 52.2 Å². The molecule has 2 aliphatic rings. The van der Waals surface area contributed by atoms with Gasteiger partial charge >= 0.3 is 0 Å². The van der Waals surface area contributed by atoms with Gasteiger partial charge in [0.25, 0.3) is 0 Å². The average Bonchev–Trinajstić information content (AvgIpc) is 3.29. The van der Waals surface area contributed by atoms with Crippen molar-refractivity contribution in [1.82, 2.24) is 29.9 Å². The highest BCUT2D eigenvalue weighted by Crippen LogP contribution is 2.44. The van der Waals surface area contributed by atoms with E-state index in [4.69, 9.17) is 0 Å². The molecule has 0 atom stereocenters. The number of carbonyl (C=O) groups is 4. The molecule has 17 heteroatoms. The average molecular weight is 881 g/mol. The number of anilines is 6. The number of nitrogens with one attached hydrogen (secondary N) is 4. The van der Waals surface area contributed by atoms with Crippen LogP contribution in [-0.2, 0) is 0 Å². The topological polar surface area (TPSA) is 214 Å². The Morgan fingerprint density at radius 2 is 0.873 bits per heavy atom. The molecule has 0 spiro atoms. The van der Waals surface area contributed by atoms with Gasteiger partial charge in [0.2, 0.25) is 23.8 Å². The Morgan fingerprint density at radius 3 is 1.27 bits per heavy atom. The fraction of sp³-hybridized carbons (Fsp3) is 0.261. The molecule has 0 saturated heterocycles. The molecule has 4 aromatic carbocycles. The molecule has 0 aliphatic heterocycles. The first-order valence-electron chi connectivity index (χ1n) is 20.9. The first-order chi connectivity index (χ1) is 30.7. The maximum absolute atomic E-state index is 14.8. The van der Waals surface area contributed by atoms with Crippen molar-refractivity contribution in [3.8, 4) is 11.1 Å². The Hall–Kier alpha value is -6.56.